The number of carbonyl (C=O) groups is 2. The van der Waals surface area contributed by atoms with E-state index in [1.165, 1.54) is 0 Å². The minimum Gasteiger partial charge on any atom is -0.284 e. The molecular formula is C17H19N2O2+. The van der Waals surface area contributed by atoms with Crippen molar-refractivity contribution >= 4 is 11.6 Å². The molecule has 0 amide bonds. The van der Waals surface area contributed by atoms with E-state index in [2.05, 4.69) is 13.8 Å². The van der Waals surface area contributed by atoms with Gasteiger partial charge in [0.2, 0.25) is 23.0 Å². The number of hydrogen-bond donors (Lipinski definition) is 0. The van der Waals surface area contributed by atoms with E-state index in [4.69, 9.17) is 0 Å². The van der Waals surface area contributed by atoms with E-state index in [1.807, 2.05) is 23.1 Å². The molecule has 108 valence electrons. The Morgan fingerprint density at radius 3 is 2.24 bits per heavy atom. The summed E-state index contributed by atoms with van der Waals surface area (Å²) in [6, 6.07) is 7.07. The molecular weight excluding hydrogens is 264 g/mol. The number of rotatable bonds is 2. The van der Waals surface area contributed by atoms with Gasteiger partial charge < -0.3 is 0 Å². The molecule has 2 aromatic rings. The van der Waals surface area contributed by atoms with E-state index in [9.17, 15) is 9.59 Å². The van der Waals surface area contributed by atoms with Crippen LogP contribution in [0.1, 0.15) is 51.8 Å². The van der Waals surface area contributed by atoms with Crippen LogP contribution in [0.2, 0.25) is 0 Å². The maximum absolute atomic E-state index is 12.8. The molecule has 1 aliphatic rings. The van der Waals surface area contributed by atoms with E-state index < -0.39 is 0 Å². The Balaban J connectivity index is 2.30. The van der Waals surface area contributed by atoms with Crippen LogP contribution in [0.3, 0.4) is 0 Å². The quantitative estimate of drug-likeness (QED) is 0.676. The van der Waals surface area contributed by atoms with E-state index in [1.54, 1.807) is 24.3 Å². The van der Waals surface area contributed by atoms with Crippen LogP contribution in [-0.2, 0) is 13.6 Å². The molecule has 0 bridgehead atoms. The van der Waals surface area contributed by atoms with Crippen LogP contribution >= 0.6 is 0 Å². The zero-order chi connectivity index (χ0) is 15.3. The minimum atomic E-state index is -0.0618. The number of fused-ring (bicyclic) bond motifs is 2. The molecule has 4 nitrogen and oxygen atoms in total. The number of aromatic nitrogens is 2. The Morgan fingerprint density at radius 2 is 1.67 bits per heavy atom. The van der Waals surface area contributed by atoms with Gasteiger partial charge in [-0.1, -0.05) is 38.1 Å². The van der Waals surface area contributed by atoms with E-state index in [-0.39, 0.29) is 11.6 Å². The molecule has 0 fully saturated rings. The highest BCUT2D eigenvalue weighted by Crippen LogP contribution is 2.27. The first-order valence-corrected chi connectivity index (χ1v) is 7.21. The lowest BCUT2D eigenvalue weighted by Crippen LogP contribution is -2.39. The first kappa shape index (κ1) is 13.7. The van der Waals surface area contributed by atoms with Gasteiger partial charge in [0.25, 0.3) is 5.82 Å². The van der Waals surface area contributed by atoms with Gasteiger partial charge in [0.05, 0.1) is 13.6 Å². The van der Waals surface area contributed by atoms with Gasteiger partial charge in [-0.25, -0.2) is 9.13 Å². The molecule has 0 N–H and O–H groups in total. The van der Waals surface area contributed by atoms with Gasteiger partial charge in [-0.2, -0.15) is 0 Å². The molecule has 0 unspecified atom stereocenters. The molecule has 3 rings (SSSR count). The molecule has 0 atom stereocenters. The van der Waals surface area contributed by atoms with Gasteiger partial charge in [0, 0.05) is 18.1 Å². The summed E-state index contributed by atoms with van der Waals surface area (Å²) < 4.78 is 3.82. The van der Waals surface area contributed by atoms with Crippen molar-refractivity contribution in [1.29, 1.82) is 0 Å². The summed E-state index contributed by atoms with van der Waals surface area (Å²) in [6.45, 7) is 6.89. The van der Waals surface area contributed by atoms with Crippen molar-refractivity contribution in [3.05, 3.63) is 52.6 Å². The summed E-state index contributed by atoms with van der Waals surface area (Å²) in [5.41, 5.74) is 2.06. The third-order valence-electron chi connectivity index (χ3n) is 4.10. The van der Waals surface area contributed by atoms with Crippen molar-refractivity contribution in [2.24, 2.45) is 13.0 Å². The summed E-state index contributed by atoms with van der Waals surface area (Å²) in [7, 11) is 1.85. The van der Waals surface area contributed by atoms with Gasteiger partial charge in [0.15, 0.2) is 0 Å². The average Bonchev–Trinajstić information content (AvgIpc) is 2.70. The fraction of sp³-hybridized carbons (Fsp3) is 0.353. The predicted octanol–water partition coefficient (Wildman–Crippen LogP) is 2.05. The topological polar surface area (TPSA) is 43.0 Å². The third-order valence-corrected chi connectivity index (χ3v) is 4.10. The number of hydrogen-bond acceptors (Lipinski definition) is 2. The van der Waals surface area contributed by atoms with Gasteiger partial charge >= 0.3 is 0 Å². The van der Waals surface area contributed by atoms with Crippen molar-refractivity contribution in [3.8, 4) is 0 Å². The van der Waals surface area contributed by atoms with E-state index >= 15 is 0 Å². The van der Waals surface area contributed by atoms with Gasteiger partial charge in [-0.05, 0) is 5.92 Å². The fourth-order valence-electron chi connectivity index (χ4n) is 3.00. The van der Waals surface area contributed by atoms with Crippen molar-refractivity contribution in [2.75, 3.05) is 0 Å². The van der Waals surface area contributed by atoms with Crippen molar-refractivity contribution in [2.45, 2.75) is 27.3 Å². The number of benzene rings is 1. The largest absolute Gasteiger partial charge is 0.284 e. The van der Waals surface area contributed by atoms with E-state index in [0.29, 0.717) is 28.4 Å². The molecule has 1 aromatic carbocycles. The number of imidazole rings is 1. The Kier molecular flexibility index (Phi) is 3.04. The zero-order valence-corrected chi connectivity index (χ0v) is 12.8. The molecule has 4 heteroatoms. The van der Waals surface area contributed by atoms with Gasteiger partial charge in [-0.3, -0.25) is 9.59 Å². The molecule has 0 saturated carbocycles. The molecule has 1 aliphatic carbocycles. The van der Waals surface area contributed by atoms with Gasteiger partial charge in [0.1, 0.15) is 0 Å². The zero-order valence-electron chi connectivity index (χ0n) is 12.8. The summed E-state index contributed by atoms with van der Waals surface area (Å²) in [6.07, 6.45) is 0. The highest BCUT2D eigenvalue weighted by Gasteiger charge is 2.41. The highest BCUT2D eigenvalue weighted by atomic mass is 16.1. The Labute approximate surface area is 124 Å². The normalized spacial score (nSPS) is 13.6. The average molecular weight is 283 g/mol. The van der Waals surface area contributed by atoms with Gasteiger partial charge in [-0.15, -0.1) is 0 Å². The second-order valence-electron chi connectivity index (χ2n) is 6.01. The molecule has 1 heterocycles. The fourth-order valence-corrected chi connectivity index (χ4v) is 3.00. The lowest BCUT2D eigenvalue weighted by atomic mass is 9.90. The molecule has 0 aliphatic heterocycles. The van der Waals surface area contributed by atoms with Crippen molar-refractivity contribution in [3.63, 3.8) is 0 Å². The van der Waals surface area contributed by atoms with Crippen LogP contribution in [-0.4, -0.2) is 16.1 Å². The Morgan fingerprint density at radius 1 is 1.10 bits per heavy atom. The number of nitrogens with zero attached hydrogens (tertiary/aromatic N) is 2. The highest BCUT2D eigenvalue weighted by molar-refractivity contribution is 6.26. The number of ketones is 2. The van der Waals surface area contributed by atoms with Crippen molar-refractivity contribution < 1.29 is 14.2 Å². The molecule has 1 aromatic heterocycles. The Bertz CT molecular complexity index is 769. The SMILES string of the molecule is Cc1n(CC(C)C)c2c([n+]1C)C(=O)c1ccccc1C2=O. The lowest BCUT2D eigenvalue weighted by molar-refractivity contribution is -0.679. The van der Waals surface area contributed by atoms with E-state index in [0.717, 1.165) is 12.4 Å². The minimum absolute atomic E-state index is 0.0513. The summed E-state index contributed by atoms with van der Waals surface area (Å²) in [4.78, 5) is 25.6. The predicted molar refractivity (Wildman–Crippen MR) is 78.5 cm³/mol. The van der Waals surface area contributed by atoms with Crippen LogP contribution in [0.4, 0.5) is 0 Å². The van der Waals surface area contributed by atoms with Crippen LogP contribution in [0.5, 0.6) is 0 Å². The molecule has 21 heavy (non-hydrogen) atoms. The van der Waals surface area contributed by atoms with Crippen LogP contribution < -0.4 is 4.57 Å². The first-order valence-electron chi connectivity index (χ1n) is 7.21. The molecule has 0 radical (unpaired) electrons. The standard InChI is InChI=1S/C17H19N2O2/c1-10(2)9-19-11(3)18(4)14-15(19)17(21)13-8-6-5-7-12(13)16(14)20/h5-8,10H,9H2,1-4H3/q+1. The summed E-state index contributed by atoms with van der Waals surface area (Å²) in [5, 5.41) is 0. The third kappa shape index (κ3) is 1.86. The summed E-state index contributed by atoms with van der Waals surface area (Å²) in [5.74, 6) is 1.22. The lowest BCUT2D eigenvalue weighted by Gasteiger charge is -2.12. The second-order valence-corrected chi connectivity index (χ2v) is 6.01. The smallest absolute Gasteiger partial charge is 0.254 e. The van der Waals surface area contributed by atoms with Crippen molar-refractivity contribution in [1.82, 2.24) is 4.57 Å². The number of carbonyl (C=O) groups excluding carboxylic acids is 2. The maximum Gasteiger partial charge on any atom is 0.254 e. The van der Waals surface area contributed by atoms with Crippen LogP contribution in [0.25, 0.3) is 0 Å². The summed E-state index contributed by atoms with van der Waals surface area (Å²) >= 11 is 0. The Hall–Kier alpha value is -2.23. The molecule has 0 spiro atoms. The monoisotopic (exact) mass is 283 g/mol. The first-order chi connectivity index (χ1) is 9.93. The molecule has 0 saturated heterocycles. The van der Waals surface area contributed by atoms with Crippen LogP contribution in [0.15, 0.2) is 24.3 Å². The maximum atomic E-state index is 12.8. The van der Waals surface area contributed by atoms with Crippen LogP contribution in [0, 0.1) is 12.8 Å². The second kappa shape index (κ2) is 4.65.